The number of rotatable bonds is 10. The van der Waals surface area contributed by atoms with Gasteiger partial charge in [-0.2, -0.15) is 11.8 Å². The van der Waals surface area contributed by atoms with E-state index >= 15 is 0 Å². The Labute approximate surface area is 132 Å². The van der Waals surface area contributed by atoms with Gasteiger partial charge in [-0.05, 0) is 43.0 Å². The van der Waals surface area contributed by atoms with E-state index in [2.05, 4.69) is 18.5 Å². The summed E-state index contributed by atoms with van der Waals surface area (Å²) in [5.74, 6) is 0.939. The number of halogens is 1. The number of hydrogen-bond acceptors (Lipinski definition) is 4. The molecule has 0 radical (unpaired) electrons. The second-order valence-corrected chi connectivity index (χ2v) is 6.18. The van der Waals surface area contributed by atoms with Crippen LogP contribution in [0.1, 0.15) is 18.9 Å². The molecule has 1 atom stereocenters. The molecule has 5 heteroatoms. The fraction of sp³-hybridized carbons (Fsp3) is 0.625. The van der Waals surface area contributed by atoms with Crippen molar-refractivity contribution in [2.75, 3.05) is 44.2 Å². The molecule has 21 heavy (non-hydrogen) atoms. The number of thioether (sulfide) groups is 1. The minimum atomic E-state index is -0.153. The second kappa shape index (κ2) is 10.0. The molecular weight excluding hydrogens is 287 g/mol. The Hall–Kier alpha value is -0.780. The maximum absolute atomic E-state index is 14.3. The summed E-state index contributed by atoms with van der Waals surface area (Å²) in [7, 11) is 3.63. The smallest absolute Gasteiger partial charge is 0.146 e. The van der Waals surface area contributed by atoms with E-state index in [1.165, 1.54) is 0 Å². The molecule has 0 heterocycles. The summed E-state index contributed by atoms with van der Waals surface area (Å²) < 4.78 is 19.2. The van der Waals surface area contributed by atoms with Gasteiger partial charge < -0.3 is 15.0 Å². The average Bonchev–Trinajstić information content (AvgIpc) is 2.48. The van der Waals surface area contributed by atoms with Crippen molar-refractivity contribution in [2.45, 2.75) is 25.9 Å². The highest BCUT2D eigenvalue weighted by molar-refractivity contribution is 7.98. The van der Waals surface area contributed by atoms with Gasteiger partial charge >= 0.3 is 0 Å². The Morgan fingerprint density at radius 3 is 2.81 bits per heavy atom. The Balaban J connectivity index is 2.60. The van der Waals surface area contributed by atoms with Gasteiger partial charge in [-0.1, -0.05) is 6.07 Å². The quantitative estimate of drug-likeness (QED) is 0.671. The van der Waals surface area contributed by atoms with E-state index in [-0.39, 0.29) is 5.82 Å². The molecule has 0 aromatic heterocycles. The van der Waals surface area contributed by atoms with E-state index in [9.17, 15) is 4.39 Å². The minimum Gasteiger partial charge on any atom is -0.383 e. The van der Waals surface area contributed by atoms with Crippen LogP contribution in [-0.2, 0) is 11.3 Å². The van der Waals surface area contributed by atoms with Gasteiger partial charge in [0.05, 0.1) is 12.3 Å². The molecule has 0 aliphatic carbocycles. The predicted molar refractivity (Wildman–Crippen MR) is 90.8 cm³/mol. The summed E-state index contributed by atoms with van der Waals surface area (Å²) in [6.07, 6.45) is 3.15. The molecule has 1 N–H and O–H groups in total. The SMILES string of the molecule is COCCNCc1ccc(N(C)C(C)CCSC)c(F)c1. The largest absolute Gasteiger partial charge is 0.383 e. The first-order valence-electron chi connectivity index (χ1n) is 7.30. The molecule has 3 nitrogen and oxygen atoms in total. The highest BCUT2D eigenvalue weighted by atomic mass is 32.2. The molecule has 0 saturated carbocycles. The Kier molecular flexibility index (Phi) is 8.73. The van der Waals surface area contributed by atoms with Crippen molar-refractivity contribution in [3.63, 3.8) is 0 Å². The summed E-state index contributed by atoms with van der Waals surface area (Å²) in [6, 6.07) is 5.80. The van der Waals surface area contributed by atoms with Gasteiger partial charge in [-0.15, -0.1) is 0 Å². The molecule has 0 spiro atoms. The van der Waals surface area contributed by atoms with E-state index in [4.69, 9.17) is 4.74 Å². The van der Waals surface area contributed by atoms with Gasteiger partial charge in [0.1, 0.15) is 5.82 Å². The summed E-state index contributed by atoms with van der Waals surface area (Å²) in [4.78, 5) is 2.02. The summed E-state index contributed by atoms with van der Waals surface area (Å²) in [5, 5.41) is 3.22. The van der Waals surface area contributed by atoms with Gasteiger partial charge in [-0.3, -0.25) is 0 Å². The standard InChI is InChI=1S/C16H27FN2OS/c1-13(7-10-21-4)19(2)16-6-5-14(11-15(16)17)12-18-8-9-20-3/h5-6,11,13,18H,7-10,12H2,1-4H3. The first-order chi connectivity index (χ1) is 10.1. The lowest BCUT2D eigenvalue weighted by Crippen LogP contribution is -2.30. The van der Waals surface area contributed by atoms with Crippen LogP contribution in [0.2, 0.25) is 0 Å². The first-order valence-corrected chi connectivity index (χ1v) is 8.69. The van der Waals surface area contributed by atoms with Crippen LogP contribution in [0.4, 0.5) is 10.1 Å². The van der Waals surface area contributed by atoms with Gasteiger partial charge in [0.2, 0.25) is 0 Å². The summed E-state index contributed by atoms with van der Waals surface area (Å²) in [6.45, 7) is 4.23. The van der Waals surface area contributed by atoms with Crippen LogP contribution in [0.25, 0.3) is 0 Å². The molecule has 0 aliphatic heterocycles. The van der Waals surface area contributed by atoms with E-state index in [1.54, 1.807) is 13.2 Å². The number of nitrogens with zero attached hydrogens (tertiary/aromatic N) is 1. The lowest BCUT2D eigenvalue weighted by atomic mass is 10.1. The van der Waals surface area contributed by atoms with Crippen molar-refractivity contribution in [2.24, 2.45) is 0 Å². The maximum Gasteiger partial charge on any atom is 0.146 e. The highest BCUT2D eigenvalue weighted by Gasteiger charge is 2.14. The van der Waals surface area contributed by atoms with Crippen molar-refractivity contribution >= 4 is 17.4 Å². The van der Waals surface area contributed by atoms with Gasteiger partial charge in [0.25, 0.3) is 0 Å². The van der Waals surface area contributed by atoms with E-state index in [0.29, 0.717) is 24.9 Å². The van der Waals surface area contributed by atoms with Crippen LogP contribution in [0.15, 0.2) is 18.2 Å². The average molecular weight is 314 g/mol. The Morgan fingerprint density at radius 2 is 2.19 bits per heavy atom. The van der Waals surface area contributed by atoms with Crippen molar-refractivity contribution in [1.82, 2.24) is 5.32 Å². The van der Waals surface area contributed by atoms with Gasteiger partial charge in [0.15, 0.2) is 0 Å². The first kappa shape index (κ1) is 18.3. The normalized spacial score (nSPS) is 12.4. The number of hydrogen-bond donors (Lipinski definition) is 1. The van der Waals surface area contributed by atoms with Crippen molar-refractivity contribution in [3.05, 3.63) is 29.6 Å². The monoisotopic (exact) mass is 314 g/mol. The zero-order valence-electron chi connectivity index (χ0n) is 13.5. The minimum absolute atomic E-state index is 0.153. The molecule has 0 bridgehead atoms. The third-order valence-electron chi connectivity index (χ3n) is 3.61. The van der Waals surface area contributed by atoms with E-state index in [0.717, 1.165) is 24.3 Å². The number of anilines is 1. The van der Waals surface area contributed by atoms with Gasteiger partial charge in [-0.25, -0.2) is 4.39 Å². The van der Waals surface area contributed by atoms with Crippen LogP contribution in [0.3, 0.4) is 0 Å². The van der Waals surface area contributed by atoms with Crippen LogP contribution < -0.4 is 10.2 Å². The number of benzene rings is 1. The molecule has 0 saturated heterocycles. The fourth-order valence-electron chi connectivity index (χ4n) is 2.07. The summed E-state index contributed by atoms with van der Waals surface area (Å²) >= 11 is 1.82. The zero-order chi connectivity index (χ0) is 15.7. The lowest BCUT2D eigenvalue weighted by Gasteiger charge is -2.27. The van der Waals surface area contributed by atoms with Crippen LogP contribution >= 0.6 is 11.8 Å². The zero-order valence-corrected chi connectivity index (χ0v) is 14.3. The third-order valence-corrected chi connectivity index (χ3v) is 4.25. The predicted octanol–water partition coefficient (Wildman–Crippen LogP) is 3.14. The second-order valence-electron chi connectivity index (χ2n) is 5.20. The molecular formula is C16H27FN2OS. The Morgan fingerprint density at radius 1 is 1.43 bits per heavy atom. The molecule has 1 unspecified atom stereocenters. The van der Waals surface area contributed by atoms with Crippen molar-refractivity contribution < 1.29 is 9.13 Å². The van der Waals surface area contributed by atoms with Crippen LogP contribution in [0.5, 0.6) is 0 Å². The van der Waals surface area contributed by atoms with Crippen LogP contribution in [0, 0.1) is 5.82 Å². The topological polar surface area (TPSA) is 24.5 Å². The molecule has 0 fully saturated rings. The van der Waals surface area contributed by atoms with E-state index in [1.807, 2.05) is 35.8 Å². The number of methoxy groups -OCH3 is 1. The van der Waals surface area contributed by atoms with E-state index < -0.39 is 0 Å². The lowest BCUT2D eigenvalue weighted by molar-refractivity contribution is 0.199. The van der Waals surface area contributed by atoms with Crippen LogP contribution in [-0.4, -0.2) is 45.4 Å². The molecule has 1 rings (SSSR count). The molecule has 1 aromatic rings. The number of nitrogens with one attached hydrogen (secondary N) is 1. The molecule has 1 aromatic carbocycles. The van der Waals surface area contributed by atoms with Gasteiger partial charge in [0, 0.05) is 33.3 Å². The molecule has 0 amide bonds. The Bertz CT molecular complexity index is 417. The van der Waals surface area contributed by atoms with Crippen molar-refractivity contribution in [3.8, 4) is 0 Å². The molecule has 120 valence electrons. The highest BCUT2D eigenvalue weighted by Crippen LogP contribution is 2.22. The van der Waals surface area contributed by atoms with Crippen molar-refractivity contribution in [1.29, 1.82) is 0 Å². The maximum atomic E-state index is 14.3. The number of ether oxygens (including phenoxy) is 1. The summed E-state index contributed by atoms with van der Waals surface area (Å²) in [5.41, 5.74) is 1.63. The molecule has 0 aliphatic rings. The third kappa shape index (κ3) is 6.24. The fourth-order valence-corrected chi connectivity index (χ4v) is 2.65.